The molecule has 2 N–H and O–H groups in total. The number of aliphatic hydroxyl groups is 1. The van der Waals surface area contributed by atoms with Crippen LogP contribution in [-0.4, -0.2) is 29.8 Å². The van der Waals surface area contributed by atoms with Gasteiger partial charge in [-0.25, -0.2) is 8.78 Å². The maximum Gasteiger partial charge on any atom is 0.387 e. The second-order valence-corrected chi connectivity index (χ2v) is 4.90. The van der Waals surface area contributed by atoms with Crippen LogP contribution in [0.25, 0.3) is 0 Å². The molecule has 0 radical (unpaired) electrons. The van der Waals surface area contributed by atoms with Crippen molar-refractivity contribution < 1.29 is 32.2 Å². The summed E-state index contributed by atoms with van der Waals surface area (Å²) < 4.78 is 55.1. The van der Waals surface area contributed by atoms with Crippen molar-refractivity contribution >= 4 is 5.91 Å². The van der Waals surface area contributed by atoms with Crippen molar-refractivity contribution in [3.8, 4) is 5.75 Å². The summed E-state index contributed by atoms with van der Waals surface area (Å²) in [6, 6.07) is 1.00. The van der Waals surface area contributed by atoms with E-state index in [1.807, 2.05) is 0 Å². The fraction of sp³-hybridized carbons (Fsp3) is 0.462. The van der Waals surface area contributed by atoms with Crippen molar-refractivity contribution in [2.24, 2.45) is 0 Å². The quantitative estimate of drug-likeness (QED) is 0.820. The molecule has 1 aromatic carbocycles. The van der Waals surface area contributed by atoms with Gasteiger partial charge in [-0.15, -0.1) is 0 Å². The van der Waals surface area contributed by atoms with Crippen LogP contribution in [0.2, 0.25) is 0 Å². The number of hydrogen-bond donors (Lipinski definition) is 2. The molecule has 0 heterocycles. The number of benzene rings is 1. The van der Waals surface area contributed by atoms with Gasteiger partial charge in [0.25, 0.3) is 5.91 Å². The molecule has 0 unspecified atom stereocenters. The molecule has 1 amide bonds. The number of amides is 1. The van der Waals surface area contributed by atoms with E-state index < -0.39 is 41.1 Å². The third-order valence-corrected chi connectivity index (χ3v) is 3.33. The van der Waals surface area contributed by atoms with E-state index in [9.17, 15) is 27.5 Å². The monoisotopic (exact) mass is 307 g/mol. The summed E-state index contributed by atoms with van der Waals surface area (Å²) >= 11 is 0. The Bertz CT molecular complexity index is 523. The van der Waals surface area contributed by atoms with Crippen LogP contribution < -0.4 is 10.1 Å². The first kappa shape index (κ1) is 15.6. The van der Waals surface area contributed by atoms with Crippen molar-refractivity contribution in [1.29, 1.82) is 0 Å². The minimum Gasteiger partial charge on any atom is -0.435 e. The van der Waals surface area contributed by atoms with E-state index in [4.69, 9.17) is 0 Å². The molecule has 2 rings (SSSR count). The summed E-state index contributed by atoms with van der Waals surface area (Å²) in [5, 5.41) is 12.0. The molecule has 8 heteroatoms. The van der Waals surface area contributed by atoms with Gasteiger partial charge >= 0.3 is 6.61 Å². The predicted molar refractivity (Wildman–Crippen MR) is 64.1 cm³/mol. The highest BCUT2D eigenvalue weighted by Crippen LogP contribution is 2.30. The zero-order valence-electron chi connectivity index (χ0n) is 10.8. The van der Waals surface area contributed by atoms with Crippen LogP contribution in [0.15, 0.2) is 12.1 Å². The molecule has 4 nitrogen and oxygen atoms in total. The average Bonchev–Trinajstić information content (AvgIpc) is 2.32. The minimum atomic E-state index is -3.23. The summed E-state index contributed by atoms with van der Waals surface area (Å²) in [5.41, 5.74) is -1.94. The van der Waals surface area contributed by atoms with Crippen LogP contribution in [0.5, 0.6) is 5.75 Å². The SMILES string of the molecule is O=C(NCC1(O)CCC1)c1c(F)cc(OC(F)F)cc1F. The second kappa shape index (κ2) is 5.88. The molecule has 1 fully saturated rings. The lowest BCUT2D eigenvalue weighted by molar-refractivity contribution is -0.0501. The lowest BCUT2D eigenvalue weighted by Crippen LogP contribution is -2.48. The van der Waals surface area contributed by atoms with E-state index in [1.165, 1.54) is 0 Å². The van der Waals surface area contributed by atoms with Crippen molar-refractivity contribution in [2.45, 2.75) is 31.5 Å². The third-order valence-electron chi connectivity index (χ3n) is 3.33. The van der Waals surface area contributed by atoms with E-state index in [0.29, 0.717) is 25.0 Å². The molecule has 0 aliphatic heterocycles. The van der Waals surface area contributed by atoms with Crippen LogP contribution in [-0.2, 0) is 0 Å². The Balaban J connectivity index is 2.09. The molecular weight excluding hydrogens is 294 g/mol. The Labute approximate surface area is 117 Å². The highest BCUT2D eigenvalue weighted by Gasteiger charge is 2.35. The van der Waals surface area contributed by atoms with Gasteiger partial charge in [0.15, 0.2) is 0 Å². The van der Waals surface area contributed by atoms with Crippen LogP contribution in [0.3, 0.4) is 0 Å². The Hall–Kier alpha value is -1.83. The summed E-state index contributed by atoms with van der Waals surface area (Å²) in [4.78, 5) is 11.7. The minimum absolute atomic E-state index is 0.125. The van der Waals surface area contributed by atoms with Crippen molar-refractivity contribution in [3.63, 3.8) is 0 Å². The molecule has 116 valence electrons. The number of rotatable bonds is 5. The number of nitrogens with one attached hydrogen (secondary N) is 1. The maximum absolute atomic E-state index is 13.6. The summed E-state index contributed by atoms with van der Waals surface area (Å²) in [5.74, 6) is -4.41. The van der Waals surface area contributed by atoms with Gasteiger partial charge < -0.3 is 15.2 Å². The topological polar surface area (TPSA) is 58.6 Å². The molecule has 1 aromatic rings. The highest BCUT2D eigenvalue weighted by atomic mass is 19.3. The van der Waals surface area contributed by atoms with Gasteiger partial charge in [-0.2, -0.15) is 8.78 Å². The molecule has 0 bridgehead atoms. The smallest absolute Gasteiger partial charge is 0.387 e. The Morgan fingerprint density at radius 3 is 2.33 bits per heavy atom. The van der Waals surface area contributed by atoms with Crippen molar-refractivity contribution in [2.75, 3.05) is 6.54 Å². The van der Waals surface area contributed by atoms with Gasteiger partial charge in [0.05, 0.1) is 5.60 Å². The number of halogens is 4. The normalized spacial score (nSPS) is 16.5. The fourth-order valence-electron chi connectivity index (χ4n) is 2.03. The Kier molecular flexibility index (Phi) is 4.36. The number of hydrogen-bond acceptors (Lipinski definition) is 3. The van der Waals surface area contributed by atoms with Crippen LogP contribution in [0, 0.1) is 11.6 Å². The molecule has 1 aliphatic rings. The summed E-state index contributed by atoms with van der Waals surface area (Å²) in [6.45, 7) is -3.35. The van der Waals surface area contributed by atoms with Crippen molar-refractivity contribution in [3.05, 3.63) is 29.3 Å². The van der Waals surface area contributed by atoms with E-state index in [0.717, 1.165) is 6.42 Å². The lowest BCUT2D eigenvalue weighted by atomic mass is 9.80. The fourth-order valence-corrected chi connectivity index (χ4v) is 2.03. The lowest BCUT2D eigenvalue weighted by Gasteiger charge is -2.36. The molecule has 0 saturated heterocycles. The van der Waals surface area contributed by atoms with Gasteiger partial charge in [-0.05, 0) is 19.3 Å². The molecule has 0 aromatic heterocycles. The van der Waals surface area contributed by atoms with Crippen LogP contribution >= 0.6 is 0 Å². The first-order chi connectivity index (χ1) is 9.81. The first-order valence-corrected chi connectivity index (χ1v) is 6.25. The average molecular weight is 307 g/mol. The van der Waals surface area contributed by atoms with Gasteiger partial charge in [-0.3, -0.25) is 4.79 Å². The van der Waals surface area contributed by atoms with Crippen molar-refractivity contribution in [1.82, 2.24) is 5.32 Å². The third kappa shape index (κ3) is 3.63. The number of carbonyl (C=O) groups is 1. The maximum atomic E-state index is 13.6. The summed E-state index contributed by atoms with van der Waals surface area (Å²) in [7, 11) is 0. The standard InChI is InChI=1S/C13H13F4NO3/c14-8-4-7(21-12(16)17)5-9(15)10(8)11(19)18-6-13(20)2-1-3-13/h4-5,12,20H,1-3,6H2,(H,18,19). The van der Waals surface area contributed by atoms with E-state index in [1.54, 1.807) is 0 Å². The zero-order chi connectivity index (χ0) is 15.6. The molecular formula is C13H13F4NO3. The van der Waals surface area contributed by atoms with E-state index >= 15 is 0 Å². The molecule has 21 heavy (non-hydrogen) atoms. The largest absolute Gasteiger partial charge is 0.435 e. The molecule has 1 aliphatic carbocycles. The zero-order valence-corrected chi connectivity index (χ0v) is 10.8. The highest BCUT2D eigenvalue weighted by molar-refractivity contribution is 5.95. The summed E-state index contributed by atoms with van der Waals surface area (Å²) in [6.07, 6.45) is 1.81. The van der Waals surface area contributed by atoms with Gasteiger partial charge in [0.2, 0.25) is 0 Å². The van der Waals surface area contributed by atoms with E-state index in [2.05, 4.69) is 10.1 Å². The molecule has 0 atom stereocenters. The number of alkyl halides is 2. The first-order valence-electron chi connectivity index (χ1n) is 6.25. The Morgan fingerprint density at radius 1 is 1.33 bits per heavy atom. The van der Waals surface area contributed by atoms with Crippen LogP contribution in [0.4, 0.5) is 17.6 Å². The van der Waals surface area contributed by atoms with Gasteiger partial charge in [-0.1, -0.05) is 0 Å². The van der Waals surface area contributed by atoms with Crippen LogP contribution in [0.1, 0.15) is 29.6 Å². The second-order valence-electron chi connectivity index (χ2n) is 4.90. The van der Waals surface area contributed by atoms with Gasteiger partial charge in [0.1, 0.15) is 22.9 Å². The number of carbonyl (C=O) groups excluding carboxylic acids is 1. The van der Waals surface area contributed by atoms with Gasteiger partial charge in [0, 0.05) is 18.7 Å². The molecule has 1 saturated carbocycles. The predicted octanol–water partition coefficient (Wildman–Crippen LogP) is 2.21. The number of ether oxygens (including phenoxy) is 1. The molecule has 0 spiro atoms. The van der Waals surface area contributed by atoms with E-state index in [-0.39, 0.29) is 6.54 Å². The Morgan fingerprint density at radius 2 is 1.90 bits per heavy atom.